The average molecular weight is 480 g/mol. The van der Waals surface area contributed by atoms with Gasteiger partial charge in [-0.2, -0.15) is 10.5 Å². The van der Waals surface area contributed by atoms with E-state index in [0.29, 0.717) is 44.5 Å². The van der Waals surface area contributed by atoms with Crippen molar-refractivity contribution in [2.24, 2.45) is 0 Å². The molecule has 0 N–H and O–H groups in total. The summed E-state index contributed by atoms with van der Waals surface area (Å²) in [6.45, 7) is 30.9. The molecule has 3 aromatic carbocycles. The van der Waals surface area contributed by atoms with Crippen molar-refractivity contribution in [1.29, 1.82) is 21.0 Å². The van der Waals surface area contributed by atoms with E-state index < -0.39 is 0 Å². The molecule has 0 aliphatic heterocycles. The predicted molar refractivity (Wildman–Crippen MR) is 135 cm³/mol. The maximum atomic E-state index is 10.0. The number of nitriles is 4. The molecule has 0 saturated heterocycles. The summed E-state index contributed by atoms with van der Waals surface area (Å²) in [7, 11) is 0. The third kappa shape index (κ3) is 2.82. The molecule has 3 aromatic rings. The molecule has 0 heterocycles. The zero-order chi connectivity index (χ0) is 27.1. The zero-order valence-corrected chi connectivity index (χ0v) is 19.3. The van der Waals surface area contributed by atoms with Crippen molar-refractivity contribution < 1.29 is 0 Å². The van der Waals surface area contributed by atoms with Gasteiger partial charge in [-0.15, -0.1) is 0 Å². The number of nitrogens with zero attached hydrogens (tertiary/aromatic N) is 8. The van der Waals surface area contributed by atoms with E-state index in [-0.39, 0.29) is 57.2 Å². The molecule has 8 heteroatoms. The van der Waals surface area contributed by atoms with Crippen LogP contribution in [0.25, 0.3) is 53.0 Å². The molecular weight excluding hydrogens is 472 g/mol. The van der Waals surface area contributed by atoms with Gasteiger partial charge in [0.2, 0.25) is 5.69 Å². The lowest BCUT2D eigenvalue weighted by Gasteiger charge is -2.15. The van der Waals surface area contributed by atoms with Crippen LogP contribution in [-0.4, -0.2) is 0 Å². The van der Waals surface area contributed by atoms with Crippen molar-refractivity contribution >= 4 is 22.8 Å². The van der Waals surface area contributed by atoms with Gasteiger partial charge in [0.1, 0.15) is 12.1 Å². The topological polar surface area (TPSA) is 113 Å². The van der Waals surface area contributed by atoms with Crippen LogP contribution in [0.2, 0.25) is 0 Å². The van der Waals surface area contributed by atoms with Crippen molar-refractivity contribution in [2.75, 3.05) is 0 Å². The van der Waals surface area contributed by atoms with E-state index in [1.807, 2.05) is 18.2 Å². The third-order valence-electron chi connectivity index (χ3n) is 6.85. The van der Waals surface area contributed by atoms with Gasteiger partial charge in [-0.3, -0.25) is 4.85 Å². The molecule has 0 atom stereocenters. The first-order chi connectivity index (χ1) is 18.5. The standard InChI is InChI=1S/C30H8N8/c1-35-21-8-7-16-10-19-26(22(13-33)36-2)28-18(9-15-5-6-17(11-31)20(12-32)24(15)28)27(23(14-34)37-3)29(19)25(16)30(21)38-4/h5-8H,9-10H2/b26-22+,27-23-. The summed E-state index contributed by atoms with van der Waals surface area (Å²) >= 11 is 0. The first-order valence-corrected chi connectivity index (χ1v) is 10.9. The van der Waals surface area contributed by atoms with E-state index in [1.54, 1.807) is 12.1 Å². The SMILES string of the molecule is [C-]#[N+]/C(C#N)=c1/c2c(/c(=C(\C#N)[N+]#[C-])c3c1-c1c(ccc([N+]#[C-])c1[N+]#[C-])C3)-c1c(ccc(C#N)c1C#N)C2. The summed E-state index contributed by atoms with van der Waals surface area (Å²) < 4.78 is 0. The summed E-state index contributed by atoms with van der Waals surface area (Å²) in [6, 6.07) is 14.5. The number of benzene rings is 3. The molecule has 2 aliphatic rings. The van der Waals surface area contributed by atoms with Gasteiger partial charge in [-0.1, -0.05) is 18.2 Å². The highest BCUT2D eigenvalue weighted by molar-refractivity contribution is 6.00. The van der Waals surface area contributed by atoms with Crippen molar-refractivity contribution in [3.05, 3.63) is 114 Å². The fourth-order valence-corrected chi connectivity index (χ4v) is 5.48. The number of rotatable bonds is 0. The van der Waals surface area contributed by atoms with Crippen molar-refractivity contribution in [1.82, 2.24) is 0 Å². The lowest BCUT2D eigenvalue weighted by atomic mass is 9.88. The number of hydrogen-bond acceptors (Lipinski definition) is 4. The van der Waals surface area contributed by atoms with Crippen LogP contribution in [0.15, 0.2) is 24.3 Å². The van der Waals surface area contributed by atoms with E-state index in [1.165, 1.54) is 12.1 Å². The Morgan fingerprint density at radius 3 is 1.68 bits per heavy atom. The average Bonchev–Trinajstić information content (AvgIpc) is 3.52. The number of fused-ring (bicyclic) bond motifs is 6. The first-order valence-electron chi connectivity index (χ1n) is 10.9. The predicted octanol–water partition coefficient (Wildman–Crippen LogP) is 4.78. The molecule has 0 aromatic heterocycles. The summed E-state index contributed by atoms with van der Waals surface area (Å²) in [5.41, 5.74) is 3.79. The highest BCUT2D eigenvalue weighted by Crippen LogP contribution is 2.48. The minimum absolute atomic E-state index is 0.0759. The Kier molecular flexibility index (Phi) is 5.17. The van der Waals surface area contributed by atoms with Crippen molar-refractivity contribution in [2.45, 2.75) is 12.8 Å². The van der Waals surface area contributed by atoms with Crippen LogP contribution in [0.3, 0.4) is 0 Å². The Morgan fingerprint density at radius 2 is 1.21 bits per heavy atom. The molecular formula is C30H8N8. The lowest BCUT2D eigenvalue weighted by Crippen LogP contribution is -2.26. The van der Waals surface area contributed by atoms with E-state index >= 15 is 0 Å². The molecule has 38 heavy (non-hydrogen) atoms. The van der Waals surface area contributed by atoms with Gasteiger partial charge >= 0.3 is 0 Å². The first kappa shape index (κ1) is 23.1. The third-order valence-corrected chi connectivity index (χ3v) is 6.85. The van der Waals surface area contributed by atoms with Gasteiger partial charge in [-0.25, -0.2) is 25.1 Å². The summed E-state index contributed by atoms with van der Waals surface area (Å²) in [5, 5.41) is 40.1. The van der Waals surface area contributed by atoms with Crippen LogP contribution in [0, 0.1) is 71.6 Å². The van der Waals surface area contributed by atoms with Crippen LogP contribution >= 0.6 is 0 Å². The molecule has 0 unspecified atom stereocenters. The molecule has 0 spiro atoms. The highest BCUT2D eigenvalue weighted by Gasteiger charge is 2.35. The molecule has 0 radical (unpaired) electrons. The Hall–Kier alpha value is -6.68. The minimum Gasteiger partial charge on any atom is -0.250 e. The Labute approximate surface area is 217 Å². The normalized spacial score (nSPS) is 12.6. The summed E-state index contributed by atoms with van der Waals surface area (Å²) in [5.74, 6) is 0. The molecule has 0 saturated carbocycles. The van der Waals surface area contributed by atoms with Gasteiger partial charge in [0.25, 0.3) is 11.4 Å². The molecule has 0 amide bonds. The largest absolute Gasteiger partial charge is 0.269 e. The fraction of sp³-hybridized carbons (Fsp3) is 0.0667. The van der Waals surface area contributed by atoms with E-state index in [0.717, 1.165) is 0 Å². The highest BCUT2D eigenvalue weighted by atomic mass is 14.8. The molecule has 5 rings (SSSR count). The van der Waals surface area contributed by atoms with E-state index in [9.17, 15) is 21.0 Å². The fourth-order valence-electron chi connectivity index (χ4n) is 5.48. The van der Waals surface area contributed by atoms with Crippen LogP contribution < -0.4 is 10.4 Å². The maximum Gasteiger partial charge on any atom is 0.269 e. The van der Waals surface area contributed by atoms with Crippen LogP contribution in [0.4, 0.5) is 11.4 Å². The smallest absolute Gasteiger partial charge is 0.250 e. The second-order valence-corrected chi connectivity index (χ2v) is 8.39. The van der Waals surface area contributed by atoms with Gasteiger partial charge in [0, 0.05) is 16.0 Å². The second kappa shape index (κ2) is 8.52. The van der Waals surface area contributed by atoms with Gasteiger partial charge in [0.15, 0.2) is 5.69 Å². The van der Waals surface area contributed by atoms with Crippen LogP contribution in [0.1, 0.15) is 33.4 Å². The van der Waals surface area contributed by atoms with Crippen molar-refractivity contribution in [3.8, 4) is 46.5 Å². The molecule has 2 aliphatic carbocycles. The number of hydrogen-bond donors (Lipinski definition) is 0. The second-order valence-electron chi connectivity index (χ2n) is 8.39. The van der Waals surface area contributed by atoms with Gasteiger partial charge in [0.05, 0.1) is 49.6 Å². The Morgan fingerprint density at radius 1 is 0.658 bits per heavy atom. The molecule has 0 fully saturated rings. The van der Waals surface area contributed by atoms with Gasteiger partial charge < -0.3 is 0 Å². The summed E-state index contributed by atoms with van der Waals surface area (Å²) in [6.07, 6.45) is 0.372. The van der Waals surface area contributed by atoms with Crippen LogP contribution in [0.5, 0.6) is 0 Å². The maximum absolute atomic E-state index is 10.0. The molecule has 168 valence electrons. The quantitative estimate of drug-likeness (QED) is 0.297. The van der Waals surface area contributed by atoms with E-state index in [4.69, 9.17) is 26.3 Å². The monoisotopic (exact) mass is 480 g/mol. The van der Waals surface area contributed by atoms with Gasteiger partial charge in [-0.05, 0) is 57.9 Å². The molecule has 8 nitrogen and oxygen atoms in total. The zero-order valence-electron chi connectivity index (χ0n) is 19.3. The lowest BCUT2D eigenvalue weighted by molar-refractivity contribution is 1.20. The Bertz CT molecular complexity index is 1970. The Balaban J connectivity index is 2.20. The van der Waals surface area contributed by atoms with Crippen LogP contribution in [-0.2, 0) is 12.8 Å². The van der Waals surface area contributed by atoms with E-state index in [2.05, 4.69) is 25.4 Å². The van der Waals surface area contributed by atoms with Crippen molar-refractivity contribution in [3.63, 3.8) is 0 Å². The minimum atomic E-state index is -0.243. The summed E-state index contributed by atoms with van der Waals surface area (Å²) in [4.78, 5) is 14.0. The molecule has 0 bridgehead atoms.